The van der Waals surface area contributed by atoms with Gasteiger partial charge in [0.05, 0.1) is 11.7 Å². The second-order valence-electron chi connectivity index (χ2n) is 10.0. The predicted octanol–water partition coefficient (Wildman–Crippen LogP) is 6.00. The van der Waals surface area contributed by atoms with Gasteiger partial charge in [0.25, 0.3) is 0 Å². The van der Waals surface area contributed by atoms with Gasteiger partial charge in [-0.25, -0.2) is 4.79 Å². The molecule has 1 aliphatic rings. The number of benzene rings is 2. The number of ether oxygens (including phenoxy) is 2. The number of rotatable bonds is 7. The van der Waals surface area contributed by atoms with E-state index in [0.29, 0.717) is 6.61 Å². The number of aryl methyl sites for hydroxylation is 1. The zero-order chi connectivity index (χ0) is 24.8. The Hall–Kier alpha value is -3.32. The maximum Gasteiger partial charge on any atom is 0.408 e. The highest BCUT2D eigenvalue weighted by Crippen LogP contribution is 2.28. The summed E-state index contributed by atoms with van der Waals surface area (Å²) in [5, 5.41) is 7.63. The van der Waals surface area contributed by atoms with Crippen molar-refractivity contribution >= 4 is 28.4 Å². The molecule has 0 radical (unpaired) electrons. The average molecular weight is 477 g/mol. The van der Waals surface area contributed by atoms with E-state index in [-0.39, 0.29) is 12.3 Å². The van der Waals surface area contributed by atoms with E-state index in [1.807, 2.05) is 70.2 Å². The molecule has 1 aliphatic heterocycles. The highest BCUT2D eigenvalue weighted by Gasteiger charge is 2.26. The van der Waals surface area contributed by atoms with Crippen LogP contribution in [0.3, 0.4) is 0 Å². The standard InChI is InChI=1S/C28H36N4O3/c1-20-18-25(23-12-5-6-13-24(23)29-20)30-21-10-9-11-22(19-21)34-17-16-32-15-8-7-14-26(32)31-27(33)35-28(2,3)4/h5-6,9-13,18-19,26H,7-8,14-17H2,1-4H3,(H,29,30)(H,31,33). The minimum atomic E-state index is -0.507. The minimum Gasteiger partial charge on any atom is -0.492 e. The van der Waals surface area contributed by atoms with Crippen LogP contribution in [-0.4, -0.2) is 47.4 Å². The first-order valence-corrected chi connectivity index (χ1v) is 12.4. The van der Waals surface area contributed by atoms with Crippen molar-refractivity contribution in [2.45, 2.75) is 58.7 Å². The van der Waals surface area contributed by atoms with Gasteiger partial charge < -0.3 is 20.1 Å². The van der Waals surface area contributed by atoms with Crippen molar-refractivity contribution in [2.75, 3.05) is 25.0 Å². The molecule has 1 fully saturated rings. The van der Waals surface area contributed by atoms with Crippen molar-refractivity contribution in [3.63, 3.8) is 0 Å². The number of nitrogens with one attached hydrogen (secondary N) is 2. The summed E-state index contributed by atoms with van der Waals surface area (Å²) in [6.45, 7) is 9.82. The minimum absolute atomic E-state index is 0.0292. The van der Waals surface area contributed by atoms with E-state index >= 15 is 0 Å². The normalized spacial score (nSPS) is 16.6. The van der Waals surface area contributed by atoms with Crippen molar-refractivity contribution in [3.8, 4) is 5.75 Å². The molecule has 1 aromatic heterocycles. The summed E-state index contributed by atoms with van der Waals surface area (Å²) in [5.41, 5.74) is 3.41. The Balaban J connectivity index is 1.35. The van der Waals surface area contributed by atoms with Gasteiger partial charge in [-0.05, 0) is 71.2 Å². The third-order valence-corrected chi connectivity index (χ3v) is 5.90. The average Bonchev–Trinajstić information content (AvgIpc) is 2.79. The molecule has 0 bridgehead atoms. The summed E-state index contributed by atoms with van der Waals surface area (Å²) in [4.78, 5) is 19.1. The summed E-state index contributed by atoms with van der Waals surface area (Å²) in [6, 6.07) is 18.2. The molecule has 1 unspecified atom stereocenters. The molecule has 2 aromatic carbocycles. The summed E-state index contributed by atoms with van der Waals surface area (Å²) in [6.07, 6.45) is 2.73. The molecule has 0 saturated carbocycles. The topological polar surface area (TPSA) is 75.7 Å². The first-order chi connectivity index (χ1) is 16.8. The van der Waals surface area contributed by atoms with Crippen molar-refractivity contribution in [2.24, 2.45) is 0 Å². The highest BCUT2D eigenvalue weighted by atomic mass is 16.6. The van der Waals surface area contributed by atoms with E-state index < -0.39 is 5.60 Å². The monoisotopic (exact) mass is 476 g/mol. The summed E-state index contributed by atoms with van der Waals surface area (Å²) >= 11 is 0. The molecule has 7 nitrogen and oxygen atoms in total. The van der Waals surface area contributed by atoms with E-state index in [0.717, 1.165) is 66.1 Å². The number of para-hydroxylation sites is 1. The zero-order valence-corrected chi connectivity index (χ0v) is 21.1. The van der Waals surface area contributed by atoms with Crippen LogP contribution in [0.1, 0.15) is 45.7 Å². The van der Waals surface area contributed by atoms with Gasteiger partial charge in [-0.2, -0.15) is 0 Å². The quantitative estimate of drug-likeness (QED) is 0.435. The molecule has 1 saturated heterocycles. The van der Waals surface area contributed by atoms with Crippen LogP contribution in [0.2, 0.25) is 0 Å². The van der Waals surface area contributed by atoms with E-state index in [1.54, 1.807) is 0 Å². The molecule has 0 aliphatic carbocycles. The number of hydrogen-bond donors (Lipinski definition) is 2. The lowest BCUT2D eigenvalue weighted by Crippen LogP contribution is -2.52. The Labute approximate surface area is 207 Å². The lowest BCUT2D eigenvalue weighted by atomic mass is 10.1. The number of piperidine rings is 1. The zero-order valence-electron chi connectivity index (χ0n) is 21.1. The number of aromatic nitrogens is 1. The molecule has 7 heteroatoms. The van der Waals surface area contributed by atoms with Gasteiger partial charge >= 0.3 is 6.09 Å². The highest BCUT2D eigenvalue weighted by molar-refractivity contribution is 5.93. The summed E-state index contributed by atoms with van der Waals surface area (Å²) < 4.78 is 11.5. The fourth-order valence-electron chi connectivity index (χ4n) is 4.38. The van der Waals surface area contributed by atoms with Crippen molar-refractivity contribution in [3.05, 3.63) is 60.3 Å². The lowest BCUT2D eigenvalue weighted by molar-refractivity contribution is 0.0345. The lowest BCUT2D eigenvalue weighted by Gasteiger charge is -2.36. The third kappa shape index (κ3) is 7.09. The van der Waals surface area contributed by atoms with Crippen LogP contribution < -0.4 is 15.4 Å². The van der Waals surface area contributed by atoms with Crippen LogP contribution in [0, 0.1) is 6.92 Å². The van der Waals surface area contributed by atoms with Crippen molar-refractivity contribution < 1.29 is 14.3 Å². The van der Waals surface area contributed by atoms with Gasteiger partial charge in [-0.15, -0.1) is 0 Å². The number of nitrogens with zero attached hydrogens (tertiary/aromatic N) is 2. The van der Waals surface area contributed by atoms with Crippen LogP contribution in [0.25, 0.3) is 10.9 Å². The maximum absolute atomic E-state index is 12.3. The fourth-order valence-corrected chi connectivity index (χ4v) is 4.38. The first kappa shape index (κ1) is 24.8. The molecule has 4 rings (SSSR count). The van der Waals surface area contributed by atoms with Crippen LogP contribution >= 0.6 is 0 Å². The molecular weight excluding hydrogens is 440 g/mol. The molecule has 35 heavy (non-hydrogen) atoms. The fraction of sp³-hybridized carbons (Fsp3) is 0.429. The second-order valence-corrected chi connectivity index (χ2v) is 10.0. The Morgan fingerprint density at radius 1 is 1.11 bits per heavy atom. The van der Waals surface area contributed by atoms with E-state index in [4.69, 9.17) is 9.47 Å². The number of amides is 1. The van der Waals surface area contributed by atoms with Crippen LogP contribution in [0.5, 0.6) is 5.75 Å². The van der Waals surface area contributed by atoms with E-state index in [2.05, 4.69) is 32.7 Å². The molecule has 3 aromatic rings. The number of carbonyl (C=O) groups excluding carboxylic acids is 1. The van der Waals surface area contributed by atoms with Gasteiger partial charge in [0.15, 0.2) is 0 Å². The largest absolute Gasteiger partial charge is 0.492 e. The maximum atomic E-state index is 12.3. The second kappa shape index (κ2) is 11.0. The molecule has 0 spiro atoms. The predicted molar refractivity (Wildman–Crippen MR) is 140 cm³/mol. The molecule has 2 heterocycles. The van der Waals surface area contributed by atoms with Gasteiger partial charge in [-0.1, -0.05) is 24.3 Å². The van der Waals surface area contributed by atoms with Crippen LogP contribution in [0.15, 0.2) is 54.6 Å². The Morgan fingerprint density at radius 2 is 1.94 bits per heavy atom. The number of pyridine rings is 1. The number of alkyl carbamates (subject to hydrolysis) is 1. The smallest absolute Gasteiger partial charge is 0.408 e. The molecule has 1 amide bonds. The number of likely N-dealkylation sites (tertiary alicyclic amines) is 1. The Kier molecular flexibility index (Phi) is 7.76. The third-order valence-electron chi connectivity index (χ3n) is 5.90. The number of hydrogen-bond acceptors (Lipinski definition) is 6. The number of anilines is 2. The van der Waals surface area contributed by atoms with Crippen molar-refractivity contribution in [1.29, 1.82) is 0 Å². The van der Waals surface area contributed by atoms with E-state index in [9.17, 15) is 4.79 Å². The Bertz CT molecular complexity index is 1160. The summed E-state index contributed by atoms with van der Waals surface area (Å²) in [5.74, 6) is 0.804. The Morgan fingerprint density at radius 3 is 2.77 bits per heavy atom. The number of carbonyl (C=O) groups is 1. The SMILES string of the molecule is Cc1cc(Nc2cccc(OCCN3CCCCC3NC(=O)OC(C)(C)C)c2)c2ccccc2n1. The molecule has 1 atom stereocenters. The van der Waals surface area contributed by atoms with Gasteiger partial charge in [0.2, 0.25) is 0 Å². The van der Waals surface area contributed by atoms with Crippen LogP contribution in [0.4, 0.5) is 16.2 Å². The molecule has 2 N–H and O–H groups in total. The van der Waals surface area contributed by atoms with Crippen molar-refractivity contribution in [1.82, 2.24) is 15.2 Å². The van der Waals surface area contributed by atoms with E-state index in [1.165, 1.54) is 0 Å². The number of fused-ring (bicyclic) bond motifs is 1. The van der Waals surface area contributed by atoms with Gasteiger partial charge in [0, 0.05) is 41.6 Å². The summed E-state index contributed by atoms with van der Waals surface area (Å²) in [7, 11) is 0. The van der Waals surface area contributed by atoms with Crippen LogP contribution in [-0.2, 0) is 4.74 Å². The molecule has 186 valence electrons. The van der Waals surface area contributed by atoms with Gasteiger partial charge in [0.1, 0.15) is 18.0 Å². The van der Waals surface area contributed by atoms with Gasteiger partial charge in [-0.3, -0.25) is 9.88 Å². The first-order valence-electron chi connectivity index (χ1n) is 12.4. The molecular formula is C28H36N4O3.